The monoisotopic (exact) mass is 386 g/mol. The molecule has 1 aliphatic rings. The fourth-order valence-corrected chi connectivity index (χ4v) is 3.74. The van der Waals surface area contributed by atoms with E-state index in [1.807, 2.05) is 31.2 Å². The molecule has 150 valence electrons. The highest BCUT2D eigenvalue weighted by Gasteiger charge is 2.48. The second-order valence-corrected chi connectivity index (χ2v) is 7.29. The molecule has 0 aromatic heterocycles. The van der Waals surface area contributed by atoms with Crippen molar-refractivity contribution in [2.45, 2.75) is 19.8 Å². The van der Waals surface area contributed by atoms with Gasteiger partial charge in [-0.05, 0) is 55.2 Å². The van der Waals surface area contributed by atoms with E-state index in [1.54, 1.807) is 26.4 Å². The summed E-state index contributed by atoms with van der Waals surface area (Å²) < 4.78 is 21.3. The minimum Gasteiger partial charge on any atom is -0.504 e. The number of phenols is 1. The molecule has 28 heavy (non-hydrogen) atoms. The molecule has 1 aliphatic heterocycles. The third-order valence-corrected chi connectivity index (χ3v) is 5.53. The van der Waals surface area contributed by atoms with Gasteiger partial charge in [-0.15, -0.1) is 0 Å². The number of hydrogen-bond acceptors (Lipinski definition) is 6. The molecule has 1 heterocycles. The van der Waals surface area contributed by atoms with E-state index in [1.165, 1.54) is 7.11 Å². The van der Waals surface area contributed by atoms with E-state index in [2.05, 4.69) is 0 Å². The van der Waals surface area contributed by atoms with Crippen molar-refractivity contribution in [3.05, 3.63) is 47.5 Å². The van der Waals surface area contributed by atoms with E-state index in [4.69, 9.17) is 18.9 Å². The summed E-state index contributed by atoms with van der Waals surface area (Å²) >= 11 is 0. The second kappa shape index (κ2) is 8.00. The molecule has 1 fully saturated rings. The van der Waals surface area contributed by atoms with Crippen LogP contribution in [-0.4, -0.2) is 39.0 Å². The molecule has 6 heteroatoms. The number of hydrogen-bond donors (Lipinski definition) is 1. The van der Waals surface area contributed by atoms with E-state index in [-0.39, 0.29) is 17.6 Å². The van der Waals surface area contributed by atoms with Gasteiger partial charge in [-0.25, -0.2) is 0 Å². The lowest BCUT2D eigenvalue weighted by atomic mass is 9.72. The van der Waals surface area contributed by atoms with Gasteiger partial charge in [-0.1, -0.05) is 12.1 Å². The molecule has 2 aromatic rings. The molecule has 0 unspecified atom stereocenters. The first-order valence-electron chi connectivity index (χ1n) is 9.15. The van der Waals surface area contributed by atoms with Crippen LogP contribution in [0.15, 0.2) is 36.4 Å². The van der Waals surface area contributed by atoms with Crippen molar-refractivity contribution in [2.75, 3.05) is 27.9 Å². The van der Waals surface area contributed by atoms with Crippen molar-refractivity contribution in [3.63, 3.8) is 0 Å². The van der Waals surface area contributed by atoms with Gasteiger partial charge in [0.2, 0.25) is 0 Å². The third-order valence-electron chi connectivity index (χ3n) is 5.53. The average molecular weight is 386 g/mol. The molecule has 0 saturated carbocycles. The van der Waals surface area contributed by atoms with Crippen molar-refractivity contribution >= 4 is 5.97 Å². The normalized spacial score (nSPS) is 21.3. The Morgan fingerprint density at radius 3 is 2.32 bits per heavy atom. The summed E-state index contributed by atoms with van der Waals surface area (Å²) in [5, 5.41) is 9.81. The van der Waals surface area contributed by atoms with Crippen LogP contribution < -0.4 is 14.2 Å². The number of rotatable bonds is 7. The van der Waals surface area contributed by atoms with Crippen LogP contribution in [0.2, 0.25) is 0 Å². The van der Waals surface area contributed by atoms with Crippen molar-refractivity contribution in [2.24, 2.45) is 11.3 Å². The lowest BCUT2D eigenvalue weighted by Crippen LogP contribution is -2.33. The first-order chi connectivity index (χ1) is 13.4. The standard InChI is InChI=1S/C22H26O6/c1-22(12-15-5-7-17(23)19(11-15)26-3)16(13-28-21(22)24)9-14-6-8-18(25-2)20(10-14)27-4/h5-8,10-11,16,23H,9,12-13H2,1-4H3/t16-,22-/m0/s1. The number of carbonyl (C=O) groups excluding carboxylic acids is 1. The molecular formula is C22H26O6. The maximum Gasteiger partial charge on any atom is 0.312 e. The smallest absolute Gasteiger partial charge is 0.312 e. The van der Waals surface area contributed by atoms with E-state index in [9.17, 15) is 9.90 Å². The number of cyclic esters (lactones) is 1. The van der Waals surface area contributed by atoms with Gasteiger partial charge >= 0.3 is 5.97 Å². The molecule has 6 nitrogen and oxygen atoms in total. The zero-order chi connectivity index (χ0) is 20.3. The maximum atomic E-state index is 12.6. The topological polar surface area (TPSA) is 74.2 Å². The summed E-state index contributed by atoms with van der Waals surface area (Å²) in [5.74, 6) is 1.61. The van der Waals surface area contributed by atoms with Crippen LogP contribution in [0.25, 0.3) is 0 Å². The Morgan fingerprint density at radius 2 is 1.64 bits per heavy atom. The van der Waals surface area contributed by atoms with Crippen molar-refractivity contribution in [3.8, 4) is 23.0 Å². The lowest BCUT2D eigenvalue weighted by molar-refractivity contribution is -0.145. The largest absolute Gasteiger partial charge is 0.504 e. The van der Waals surface area contributed by atoms with Gasteiger partial charge in [0.05, 0.1) is 33.4 Å². The molecule has 0 aliphatic carbocycles. The van der Waals surface area contributed by atoms with Gasteiger partial charge in [-0.3, -0.25) is 4.79 Å². The first-order valence-corrected chi connectivity index (χ1v) is 9.15. The fourth-order valence-electron chi connectivity index (χ4n) is 3.74. The van der Waals surface area contributed by atoms with Crippen LogP contribution in [0, 0.1) is 11.3 Å². The molecule has 1 saturated heterocycles. The van der Waals surface area contributed by atoms with E-state index in [0.29, 0.717) is 36.7 Å². The fraction of sp³-hybridized carbons (Fsp3) is 0.409. The Balaban J connectivity index is 1.84. The number of methoxy groups -OCH3 is 3. The molecule has 0 amide bonds. The summed E-state index contributed by atoms with van der Waals surface area (Å²) in [5.41, 5.74) is 1.29. The number of carbonyl (C=O) groups is 1. The molecule has 0 spiro atoms. The molecule has 2 atom stereocenters. The summed E-state index contributed by atoms with van der Waals surface area (Å²) in [7, 11) is 4.71. The summed E-state index contributed by atoms with van der Waals surface area (Å²) in [4.78, 5) is 12.6. The van der Waals surface area contributed by atoms with Gasteiger partial charge in [-0.2, -0.15) is 0 Å². The van der Waals surface area contributed by atoms with Gasteiger partial charge in [0.25, 0.3) is 0 Å². The predicted octanol–water partition coefficient (Wildman–Crippen LogP) is 3.38. The maximum absolute atomic E-state index is 12.6. The minimum atomic E-state index is -0.671. The van der Waals surface area contributed by atoms with Crippen LogP contribution in [0.5, 0.6) is 23.0 Å². The number of benzene rings is 2. The average Bonchev–Trinajstić information content (AvgIpc) is 2.97. The zero-order valence-electron chi connectivity index (χ0n) is 16.7. The Bertz CT molecular complexity index is 862. The summed E-state index contributed by atoms with van der Waals surface area (Å²) in [6.45, 7) is 2.31. The molecule has 1 N–H and O–H groups in total. The van der Waals surface area contributed by atoms with Crippen molar-refractivity contribution in [1.29, 1.82) is 0 Å². The minimum absolute atomic E-state index is 0.0119. The molecule has 2 aromatic carbocycles. The highest BCUT2D eigenvalue weighted by atomic mass is 16.5. The van der Waals surface area contributed by atoms with E-state index in [0.717, 1.165) is 11.1 Å². The third kappa shape index (κ3) is 3.72. The lowest BCUT2D eigenvalue weighted by Gasteiger charge is -2.27. The van der Waals surface area contributed by atoms with Crippen LogP contribution in [-0.2, 0) is 22.4 Å². The highest BCUT2D eigenvalue weighted by Crippen LogP contribution is 2.42. The Kier molecular flexibility index (Phi) is 5.68. The van der Waals surface area contributed by atoms with E-state index < -0.39 is 5.41 Å². The van der Waals surface area contributed by atoms with Crippen LogP contribution in [0.4, 0.5) is 0 Å². The molecular weight excluding hydrogens is 360 g/mol. The Morgan fingerprint density at radius 1 is 1.00 bits per heavy atom. The van der Waals surface area contributed by atoms with Crippen molar-refractivity contribution < 1.29 is 28.8 Å². The molecule has 0 bridgehead atoms. The number of phenolic OH excluding ortho intramolecular Hbond substituents is 1. The summed E-state index contributed by atoms with van der Waals surface area (Å²) in [6, 6.07) is 10.9. The van der Waals surface area contributed by atoms with Gasteiger partial charge in [0.1, 0.15) is 0 Å². The quantitative estimate of drug-likeness (QED) is 0.736. The Hall–Kier alpha value is -2.89. The molecule has 3 rings (SSSR count). The van der Waals surface area contributed by atoms with Crippen molar-refractivity contribution in [1.82, 2.24) is 0 Å². The highest BCUT2D eigenvalue weighted by molar-refractivity contribution is 5.79. The first kappa shape index (κ1) is 19.9. The molecule has 0 radical (unpaired) electrons. The Labute approximate surface area is 165 Å². The number of esters is 1. The number of aromatic hydroxyl groups is 1. The van der Waals surface area contributed by atoms with Crippen LogP contribution in [0.3, 0.4) is 0 Å². The van der Waals surface area contributed by atoms with Crippen LogP contribution >= 0.6 is 0 Å². The second-order valence-electron chi connectivity index (χ2n) is 7.29. The van der Waals surface area contributed by atoms with Gasteiger partial charge in [0.15, 0.2) is 23.0 Å². The van der Waals surface area contributed by atoms with Gasteiger partial charge in [0, 0.05) is 5.92 Å². The predicted molar refractivity (Wildman–Crippen MR) is 104 cm³/mol. The van der Waals surface area contributed by atoms with Gasteiger partial charge < -0.3 is 24.1 Å². The number of ether oxygens (including phenoxy) is 4. The summed E-state index contributed by atoms with van der Waals surface area (Å²) in [6.07, 6.45) is 1.18. The van der Waals surface area contributed by atoms with Crippen LogP contribution in [0.1, 0.15) is 18.1 Å². The van der Waals surface area contributed by atoms with E-state index >= 15 is 0 Å². The SMILES string of the molecule is COc1cc(C[C@]2(C)C(=O)OC[C@@H]2Cc2ccc(OC)c(OC)c2)ccc1O. The zero-order valence-corrected chi connectivity index (χ0v) is 16.7.